The Labute approximate surface area is 79.5 Å². The molecule has 1 heterocycles. The highest BCUT2D eigenvalue weighted by atomic mass is 16.6. The van der Waals surface area contributed by atoms with Crippen molar-refractivity contribution in [2.75, 3.05) is 0 Å². The van der Waals surface area contributed by atoms with Crippen LogP contribution in [-0.4, -0.2) is 29.4 Å². The molecule has 14 heavy (non-hydrogen) atoms. The molecular formula is C8H9NO5. The van der Waals surface area contributed by atoms with Gasteiger partial charge in [0.05, 0.1) is 0 Å². The van der Waals surface area contributed by atoms with Crippen LogP contribution in [0.2, 0.25) is 0 Å². The minimum absolute atomic E-state index is 0.0698. The molecule has 0 aromatic rings. The van der Waals surface area contributed by atoms with E-state index in [1.807, 2.05) is 0 Å². The number of allylic oxidation sites excluding steroid dienone is 1. The van der Waals surface area contributed by atoms with Gasteiger partial charge in [0.2, 0.25) is 5.88 Å². The molecule has 1 aliphatic rings. The van der Waals surface area contributed by atoms with E-state index in [4.69, 9.17) is 5.11 Å². The predicted molar refractivity (Wildman–Crippen MR) is 44.0 cm³/mol. The Hall–Kier alpha value is -1.85. The Morgan fingerprint density at radius 3 is 2.93 bits per heavy atom. The van der Waals surface area contributed by atoms with Crippen LogP contribution >= 0.6 is 0 Å². The first-order valence-corrected chi connectivity index (χ1v) is 3.99. The standard InChI is InChI=1S/C8H9NO5/c10-4-3-6-9-5(8(13)14-6)1-2-7(11)12/h3-5,9H,1-2H2,(H,11,12)/b6-3+. The normalized spacial score (nSPS) is 23.0. The van der Waals surface area contributed by atoms with Gasteiger partial charge in [-0.3, -0.25) is 9.59 Å². The van der Waals surface area contributed by atoms with Crippen molar-refractivity contribution in [3.63, 3.8) is 0 Å². The lowest BCUT2D eigenvalue weighted by Gasteiger charge is -2.02. The first-order chi connectivity index (χ1) is 6.63. The van der Waals surface area contributed by atoms with Crippen LogP contribution in [0, 0.1) is 0 Å². The molecule has 76 valence electrons. The number of carbonyl (C=O) groups excluding carboxylic acids is 2. The van der Waals surface area contributed by atoms with Gasteiger partial charge in [-0.1, -0.05) is 0 Å². The van der Waals surface area contributed by atoms with Gasteiger partial charge in [-0.25, -0.2) is 4.79 Å². The molecule has 2 N–H and O–H groups in total. The van der Waals surface area contributed by atoms with E-state index in [-0.39, 0.29) is 18.7 Å². The summed E-state index contributed by atoms with van der Waals surface area (Å²) in [5, 5.41) is 11.0. The number of carbonyl (C=O) groups is 3. The highest BCUT2D eigenvalue weighted by Gasteiger charge is 2.29. The third kappa shape index (κ3) is 2.58. The number of aldehydes is 1. The Balaban J connectivity index is 2.48. The topological polar surface area (TPSA) is 92.7 Å². The summed E-state index contributed by atoms with van der Waals surface area (Å²) in [6, 6.07) is -0.669. The van der Waals surface area contributed by atoms with Gasteiger partial charge in [0, 0.05) is 12.5 Å². The third-order valence-corrected chi connectivity index (χ3v) is 1.68. The first kappa shape index (κ1) is 10.2. The first-order valence-electron chi connectivity index (χ1n) is 3.99. The zero-order valence-corrected chi connectivity index (χ0v) is 7.23. The number of carboxylic acid groups (broad SMARTS) is 1. The summed E-state index contributed by atoms with van der Waals surface area (Å²) < 4.78 is 4.63. The van der Waals surface area contributed by atoms with Gasteiger partial charge < -0.3 is 15.2 Å². The maximum absolute atomic E-state index is 11.0. The Bertz CT molecular complexity index is 296. The molecule has 1 atom stereocenters. The van der Waals surface area contributed by atoms with E-state index in [9.17, 15) is 14.4 Å². The fourth-order valence-corrected chi connectivity index (χ4v) is 1.04. The number of esters is 1. The third-order valence-electron chi connectivity index (χ3n) is 1.68. The van der Waals surface area contributed by atoms with Crippen LogP contribution in [-0.2, 0) is 19.1 Å². The van der Waals surface area contributed by atoms with Crippen LogP contribution in [0.5, 0.6) is 0 Å². The second-order valence-corrected chi connectivity index (χ2v) is 2.72. The molecule has 1 aliphatic heterocycles. The van der Waals surface area contributed by atoms with Crippen LogP contribution < -0.4 is 5.32 Å². The molecule has 1 unspecified atom stereocenters. The number of nitrogens with one attached hydrogen (secondary N) is 1. The monoisotopic (exact) mass is 199 g/mol. The lowest BCUT2D eigenvalue weighted by molar-refractivity contribution is -0.138. The van der Waals surface area contributed by atoms with Crippen LogP contribution in [0.15, 0.2) is 12.0 Å². The zero-order valence-electron chi connectivity index (χ0n) is 7.23. The average molecular weight is 199 g/mol. The average Bonchev–Trinajstić information content (AvgIpc) is 2.44. The highest BCUT2D eigenvalue weighted by molar-refractivity contribution is 5.81. The van der Waals surface area contributed by atoms with Crippen molar-refractivity contribution < 1.29 is 24.2 Å². The van der Waals surface area contributed by atoms with Gasteiger partial charge in [-0.15, -0.1) is 0 Å². The number of rotatable bonds is 4. The van der Waals surface area contributed by atoms with E-state index in [1.165, 1.54) is 0 Å². The molecule has 0 amide bonds. The molecule has 1 saturated heterocycles. The second-order valence-electron chi connectivity index (χ2n) is 2.72. The van der Waals surface area contributed by atoms with Gasteiger partial charge in [-0.05, 0) is 6.42 Å². The molecule has 0 spiro atoms. The fraction of sp³-hybridized carbons (Fsp3) is 0.375. The molecule has 0 aromatic heterocycles. The largest absolute Gasteiger partial charge is 0.481 e. The molecule has 0 bridgehead atoms. The second kappa shape index (κ2) is 4.40. The lowest BCUT2D eigenvalue weighted by Crippen LogP contribution is -2.27. The van der Waals surface area contributed by atoms with Crippen LogP contribution in [0.4, 0.5) is 0 Å². The molecule has 6 nitrogen and oxygen atoms in total. The number of hydrogen-bond acceptors (Lipinski definition) is 5. The van der Waals surface area contributed by atoms with Crippen LogP contribution in [0.3, 0.4) is 0 Å². The zero-order chi connectivity index (χ0) is 10.6. The molecule has 0 saturated carbocycles. The predicted octanol–water partition coefficient (Wildman–Crippen LogP) is -0.594. The van der Waals surface area contributed by atoms with Gasteiger partial charge in [0.15, 0.2) is 0 Å². The van der Waals surface area contributed by atoms with Crippen molar-refractivity contribution >= 4 is 18.2 Å². The minimum Gasteiger partial charge on any atom is -0.481 e. The summed E-state index contributed by atoms with van der Waals surface area (Å²) in [7, 11) is 0. The van der Waals surface area contributed by atoms with E-state index in [0.29, 0.717) is 6.29 Å². The van der Waals surface area contributed by atoms with Gasteiger partial charge in [0.25, 0.3) is 0 Å². The minimum atomic E-state index is -0.979. The Kier molecular flexibility index (Phi) is 3.22. The molecule has 0 aliphatic carbocycles. The van der Waals surface area contributed by atoms with Crippen molar-refractivity contribution in [1.82, 2.24) is 5.32 Å². The highest BCUT2D eigenvalue weighted by Crippen LogP contribution is 2.12. The summed E-state index contributed by atoms with van der Waals surface area (Å²) in [4.78, 5) is 31.3. The molecule has 0 radical (unpaired) electrons. The summed E-state index contributed by atoms with van der Waals surface area (Å²) in [5.74, 6) is -1.47. The van der Waals surface area contributed by atoms with Gasteiger partial charge in [-0.2, -0.15) is 0 Å². The maximum Gasteiger partial charge on any atom is 0.335 e. The van der Waals surface area contributed by atoms with E-state index in [0.717, 1.165) is 6.08 Å². The molecule has 6 heteroatoms. The number of aliphatic carboxylic acids is 1. The lowest BCUT2D eigenvalue weighted by atomic mass is 10.2. The number of carboxylic acids is 1. The quantitative estimate of drug-likeness (QED) is 0.357. The van der Waals surface area contributed by atoms with Crippen LogP contribution in [0.1, 0.15) is 12.8 Å². The number of ether oxygens (including phenoxy) is 1. The van der Waals surface area contributed by atoms with E-state index in [1.54, 1.807) is 0 Å². The molecule has 1 rings (SSSR count). The summed E-state index contributed by atoms with van der Waals surface area (Å²) in [5.41, 5.74) is 0. The van der Waals surface area contributed by atoms with Gasteiger partial charge in [0.1, 0.15) is 12.3 Å². The van der Waals surface area contributed by atoms with Gasteiger partial charge >= 0.3 is 11.9 Å². The van der Waals surface area contributed by atoms with Crippen molar-refractivity contribution in [2.24, 2.45) is 0 Å². The molecular weight excluding hydrogens is 190 g/mol. The SMILES string of the molecule is O=C/C=C1\NC(CCC(=O)O)C(=O)O1. The van der Waals surface area contributed by atoms with E-state index >= 15 is 0 Å². The molecule has 0 aromatic carbocycles. The van der Waals surface area contributed by atoms with E-state index < -0.39 is 18.0 Å². The van der Waals surface area contributed by atoms with E-state index in [2.05, 4.69) is 10.1 Å². The number of hydrogen-bond donors (Lipinski definition) is 2. The fourth-order valence-electron chi connectivity index (χ4n) is 1.04. The number of cyclic esters (lactones) is 1. The summed E-state index contributed by atoms with van der Waals surface area (Å²) in [6.45, 7) is 0. The van der Waals surface area contributed by atoms with Crippen molar-refractivity contribution in [3.8, 4) is 0 Å². The summed E-state index contributed by atoms with van der Waals surface area (Å²) in [6.07, 6.45) is 1.57. The van der Waals surface area contributed by atoms with Crippen molar-refractivity contribution in [1.29, 1.82) is 0 Å². The smallest absolute Gasteiger partial charge is 0.335 e. The molecule has 1 fully saturated rings. The Morgan fingerprint density at radius 2 is 2.36 bits per heavy atom. The van der Waals surface area contributed by atoms with Crippen LogP contribution in [0.25, 0.3) is 0 Å². The van der Waals surface area contributed by atoms with Crippen molar-refractivity contribution in [2.45, 2.75) is 18.9 Å². The maximum atomic E-state index is 11.0. The summed E-state index contributed by atoms with van der Waals surface area (Å²) >= 11 is 0. The van der Waals surface area contributed by atoms with Crippen molar-refractivity contribution in [3.05, 3.63) is 12.0 Å². The Morgan fingerprint density at radius 1 is 1.64 bits per heavy atom.